The predicted octanol–water partition coefficient (Wildman–Crippen LogP) is 2.35. The number of hydrogen-bond donors (Lipinski definition) is 1. The third-order valence-corrected chi connectivity index (χ3v) is 5.22. The van der Waals surface area contributed by atoms with Crippen LogP contribution < -0.4 is 5.32 Å². The van der Waals surface area contributed by atoms with Crippen molar-refractivity contribution in [3.8, 4) is 0 Å². The Kier molecular flexibility index (Phi) is 6.00. The van der Waals surface area contributed by atoms with Crippen molar-refractivity contribution < 1.29 is 9.59 Å². The minimum atomic E-state index is -0.133. The van der Waals surface area contributed by atoms with Crippen LogP contribution in [0, 0.1) is 0 Å². The minimum absolute atomic E-state index is 0.0933. The minimum Gasteiger partial charge on any atom is -0.336 e. The Morgan fingerprint density at radius 3 is 2.72 bits per heavy atom. The number of nitrogens with one attached hydrogen (secondary N) is 1. The zero-order valence-electron chi connectivity index (χ0n) is 13.1. The molecule has 1 aliphatic rings. The molecule has 25 heavy (non-hydrogen) atoms. The Morgan fingerprint density at radius 2 is 2.04 bits per heavy atom. The maximum absolute atomic E-state index is 12.6. The first kappa shape index (κ1) is 18.2. The fourth-order valence-electron chi connectivity index (χ4n) is 2.53. The van der Waals surface area contributed by atoms with E-state index in [1.165, 1.54) is 11.3 Å². The maximum Gasteiger partial charge on any atom is 0.255 e. The first-order valence-corrected chi connectivity index (χ1v) is 9.60. The highest BCUT2D eigenvalue weighted by Gasteiger charge is 2.24. The lowest BCUT2D eigenvalue weighted by atomic mass is 10.2. The summed E-state index contributed by atoms with van der Waals surface area (Å²) in [6.45, 7) is 2.61. The lowest BCUT2D eigenvalue weighted by Crippen LogP contribution is -2.50. The average molecular weight is 445 g/mol. The fraction of sp³-hybridized carbons (Fsp3) is 0.333. The Hall–Kier alpha value is -1.55. The highest BCUT2D eigenvalue weighted by Crippen LogP contribution is 2.23. The summed E-state index contributed by atoms with van der Waals surface area (Å²) in [5.41, 5.74) is 2.05. The average Bonchev–Trinajstić information content (AvgIpc) is 3.10. The lowest BCUT2D eigenvalue weighted by Gasteiger charge is -2.34. The van der Waals surface area contributed by atoms with E-state index in [4.69, 9.17) is 11.6 Å². The highest BCUT2D eigenvalue weighted by molar-refractivity contribution is 9.10. The number of rotatable bonds is 4. The molecule has 7 nitrogen and oxygen atoms in total. The topological polar surface area (TPSA) is 78.4 Å². The number of benzene rings is 1. The third-order valence-electron chi connectivity index (χ3n) is 3.79. The smallest absolute Gasteiger partial charge is 0.255 e. The van der Waals surface area contributed by atoms with Gasteiger partial charge in [-0.1, -0.05) is 38.9 Å². The van der Waals surface area contributed by atoms with Crippen molar-refractivity contribution in [2.45, 2.75) is 0 Å². The van der Waals surface area contributed by atoms with Crippen LogP contribution in [0.3, 0.4) is 0 Å². The van der Waals surface area contributed by atoms with Gasteiger partial charge in [0, 0.05) is 30.7 Å². The molecule has 132 valence electrons. The van der Waals surface area contributed by atoms with Crippen LogP contribution in [0.4, 0.5) is 5.13 Å². The van der Waals surface area contributed by atoms with Crippen LogP contribution in [0.1, 0.15) is 10.4 Å². The van der Waals surface area contributed by atoms with E-state index in [-0.39, 0.29) is 18.4 Å². The molecule has 0 radical (unpaired) electrons. The van der Waals surface area contributed by atoms with Gasteiger partial charge in [-0.3, -0.25) is 19.8 Å². The van der Waals surface area contributed by atoms with Crippen molar-refractivity contribution in [2.75, 3.05) is 38.0 Å². The summed E-state index contributed by atoms with van der Waals surface area (Å²) in [5.74, 6) is -0.226. The van der Waals surface area contributed by atoms with Crippen molar-refractivity contribution >= 4 is 55.8 Å². The summed E-state index contributed by atoms with van der Waals surface area (Å²) in [4.78, 5) is 28.4. The van der Waals surface area contributed by atoms with Crippen molar-refractivity contribution in [3.63, 3.8) is 0 Å². The van der Waals surface area contributed by atoms with Gasteiger partial charge < -0.3 is 4.90 Å². The van der Waals surface area contributed by atoms with Gasteiger partial charge in [0.2, 0.25) is 11.0 Å². The molecule has 3 rings (SSSR count). The molecule has 1 aromatic carbocycles. The molecule has 0 aliphatic carbocycles. The molecule has 1 fully saturated rings. The van der Waals surface area contributed by atoms with Crippen LogP contribution in [0.2, 0.25) is 5.02 Å². The molecular formula is C15H15BrClN5O2S. The standard InChI is InChI=1S/C15H15BrClN5O2S/c16-10-1-2-12(17)11(7-10)14(24)22-5-3-21(4-6-22)8-13(23)19-15-20-18-9-25-15/h1-2,7,9H,3-6,8H2,(H,19,20,23). The van der Waals surface area contributed by atoms with Crippen LogP contribution in [0.5, 0.6) is 0 Å². The molecule has 2 heterocycles. The Bertz CT molecular complexity index is 765. The normalized spacial score (nSPS) is 15.2. The monoisotopic (exact) mass is 443 g/mol. The first-order chi connectivity index (χ1) is 12.0. The van der Waals surface area contributed by atoms with Gasteiger partial charge in [0.15, 0.2) is 0 Å². The van der Waals surface area contributed by atoms with Gasteiger partial charge >= 0.3 is 0 Å². The molecule has 0 saturated carbocycles. The zero-order valence-corrected chi connectivity index (χ0v) is 16.3. The Balaban J connectivity index is 1.52. The number of carbonyl (C=O) groups is 2. The molecule has 0 unspecified atom stereocenters. The Morgan fingerprint density at radius 1 is 1.28 bits per heavy atom. The van der Waals surface area contributed by atoms with Crippen LogP contribution in [0.25, 0.3) is 0 Å². The number of aromatic nitrogens is 2. The summed E-state index contributed by atoms with van der Waals surface area (Å²) < 4.78 is 0.812. The Labute approximate surface area is 162 Å². The molecule has 2 amide bonds. The predicted molar refractivity (Wildman–Crippen MR) is 100 cm³/mol. The van der Waals surface area contributed by atoms with Gasteiger partial charge in [-0.25, -0.2) is 0 Å². The van der Waals surface area contributed by atoms with Crippen LogP contribution >= 0.6 is 38.9 Å². The van der Waals surface area contributed by atoms with E-state index in [1.807, 2.05) is 4.90 Å². The maximum atomic E-state index is 12.6. The lowest BCUT2D eigenvalue weighted by molar-refractivity contribution is -0.117. The van der Waals surface area contributed by atoms with E-state index in [0.29, 0.717) is 41.9 Å². The molecule has 0 bridgehead atoms. The fourth-order valence-corrected chi connectivity index (χ4v) is 3.55. The first-order valence-electron chi connectivity index (χ1n) is 7.55. The number of amides is 2. The summed E-state index contributed by atoms with van der Waals surface area (Å²) in [7, 11) is 0. The second-order valence-electron chi connectivity index (χ2n) is 5.48. The summed E-state index contributed by atoms with van der Waals surface area (Å²) >= 11 is 10.8. The SMILES string of the molecule is O=C(CN1CCN(C(=O)c2cc(Br)ccc2Cl)CC1)Nc1nncs1. The van der Waals surface area contributed by atoms with Crippen molar-refractivity contribution in [3.05, 3.63) is 38.8 Å². The number of halogens is 2. The summed E-state index contributed by atoms with van der Waals surface area (Å²) in [5, 5.41) is 11.1. The largest absolute Gasteiger partial charge is 0.336 e. The number of anilines is 1. The quantitative estimate of drug-likeness (QED) is 0.783. The van der Waals surface area contributed by atoms with E-state index in [1.54, 1.807) is 28.6 Å². The second kappa shape index (κ2) is 8.22. The number of carbonyl (C=O) groups excluding carboxylic acids is 2. The van der Waals surface area contributed by atoms with Gasteiger partial charge in [-0.05, 0) is 18.2 Å². The van der Waals surface area contributed by atoms with Crippen LogP contribution in [-0.4, -0.2) is 64.5 Å². The molecule has 1 aliphatic heterocycles. The second-order valence-corrected chi connectivity index (χ2v) is 7.64. The number of hydrogen-bond acceptors (Lipinski definition) is 6. The number of nitrogens with zero attached hydrogens (tertiary/aromatic N) is 4. The molecular weight excluding hydrogens is 430 g/mol. The number of piperazine rings is 1. The summed E-state index contributed by atoms with van der Waals surface area (Å²) in [6.07, 6.45) is 0. The van der Waals surface area contributed by atoms with Gasteiger partial charge in [0.05, 0.1) is 17.1 Å². The van der Waals surface area contributed by atoms with Gasteiger partial charge in [-0.15, -0.1) is 10.2 Å². The molecule has 1 N–H and O–H groups in total. The molecule has 1 aromatic heterocycles. The molecule has 0 spiro atoms. The van der Waals surface area contributed by atoms with Crippen LogP contribution in [0.15, 0.2) is 28.2 Å². The molecule has 0 atom stereocenters. The van der Waals surface area contributed by atoms with Gasteiger partial charge in [0.25, 0.3) is 5.91 Å². The third kappa shape index (κ3) is 4.75. The summed E-state index contributed by atoms with van der Waals surface area (Å²) in [6, 6.07) is 5.23. The van der Waals surface area contributed by atoms with E-state index in [9.17, 15) is 9.59 Å². The van der Waals surface area contributed by atoms with Crippen molar-refractivity contribution in [2.24, 2.45) is 0 Å². The van der Waals surface area contributed by atoms with Crippen molar-refractivity contribution in [1.82, 2.24) is 20.0 Å². The molecule has 10 heteroatoms. The van der Waals surface area contributed by atoms with Gasteiger partial charge in [-0.2, -0.15) is 0 Å². The van der Waals surface area contributed by atoms with E-state index in [2.05, 4.69) is 31.4 Å². The molecule has 2 aromatic rings. The molecule has 1 saturated heterocycles. The van der Waals surface area contributed by atoms with Crippen molar-refractivity contribution in [1.29, 1.82) is 0 Å². The van der Waals surface area contributed by atoms with E-state index >= 15 is 0 Å². The van der Waals surface area contributed by atoms with Crippen LogP contribution in [-0.2, 0) is 4.79 Å². The highest BCUT2D eigenvalue weighted by atomic mass is 79.9. The van der Waals surface area contributed by atoms with E-state index in [0.717, 1.165) is 4.47 Å². The van der Waals surface area contributed by atoms with Gasteiger partial charge in [0.1, 0.15) is 5.51 Å². The zero-order chi connectivity index (χ0) is 17.8. The van der Waals surface area contributed by atoms with E-state index < -0.39 is 0 Å².